The largest absolute Gasteiger partial charge is 0.466 e. The topological polar surface area (TPSA) is 105 Å². The molecule has 3 heterocycles. The van der Waals surface area contributed by atoms with E-state index in [0.717, 1.165) is 0 Å². The molecule has 2 saturated heterocycles. The molecule has 36 heavy (non-hydrogen) atoms. The maximum atomic E-state index is 13.3. The molecule has 1 aromatic heterocycles. The van der Waals surface area contributed by atoms with Gasteiger partial charge in [0.1, 0.15) is 21.8 Å². The highest BCUT2D eigenvalue weighted by atomic mass is 32.2. The molecular weight excluding hydrogens is 500 g/mol. The Morgan fingerprint density at radius 1 is 1.25 bits per heavy atom. The number of nitrogens with zero attached hydrogens (tertiary/aromatic N) is 4. The SMILES string of the molecule is CCCn1c(N2CCC(C(=O)OCC)CC2)c(/C=C2\SC(=S)N(CCOC)C2=O)c(C)c(C#N)c1=O. The number of aromatic nitrogens is 1. The lowest BCUT2D eigenvalue weighted by Crippen LogP contribution is -2.41. The Balaban J connectivity index is 2.10. The van der Waals surface area contributed by atoms with E-state index in [0.29, 0.717) is 84.8 Å². The number of esters is 1. The summed E-state index contributed by atoms with van der Waals surface area (Å²) >= 11 is 6.62. The molecule has 2 aliphatic heterocycles. The van der Waals surface area contributed by atoms with E-state index in [2.05, 4.69) is 11.0 Å². The lowest BCUT2D eigenvalue weighted by atomic mass is 9.95. The fourth-order valence-electron chi connectivity index (χ4n) is 4.51. The molecule has 0 spiro atoms. The van der Waals surface area contributed by atoms with E-state index >= 15 is 0 Å². The number of thiocarbonyl (C=S) groups is 1. The number of hydrogen-bond donors (Lipinski definition) is 0. The molecule has 0 aromatic carbocycles. The average molecular weight is 533 g/mol. The van der Waals surface area contributed by atoms with Crippen molar-refractivity contribution >= 4 is 52.1 Å². The number of thioether (sulfide) groups is 1. The van der Waals surface area contributed by atoms with Crippen molar-refractivity contribution in [3.63, 3.8) is 0 Å². The quantitative estimate of drug-likeness (QED) is 0.270. The maximum absolute atomic E-state index is 13.3. The highest BCUT2D eigenvalue weighted by molar-refractivity contribution is 8.26. The van der Waals surface area contributed by atoms with Gasteiger partial charge in [-0.15, -0.1) is 0 Å². The van der Waals surface area contributed by atoms with Gasteiger partial charge in [0.2, 0.25) is 0 Å². The standard InChI is InChI=1S/C25H32N4O5S2/c1-5-9-28-21(27-10-7-17(8-11-27)24(32)34-6-2)18(16(3)19(15-26)22(28)30)14-20-23(31)29(12-13-33-4)25(35)36-20/h14,17H,5-13H2,1-4H3/b20-14-. The first kappa shape index (κ1) is 27.9. The van der Waals surface area contributed by atoms with E-state index in [1.54, 1.807) is 31.6 Å². The van der Waals surface area contributed by atoms with Crippen LogP contribution >= 0.6 is 24.0 Å². The normalized spacial score (nSPS) is 17.7. The predicted molar refractivity (Wildman–Crippen MR) is 144 cm³/mol. The molecular formula is C25H32N4O5S2. The van der Waals surface area contributed by atoms with Crippen molar-refractivity contribution in [2.75, 3.05) is 44.9 Å². The average Bonchev–Trinajstić information content (AvgIpc) is 3.13. The number of carbonyl (C=O) groups is 2. The van der Waals surface area contributed by atoms with Crippen LogP contribution in [0.25, 0.3) is 6.08 Å². The van der Waals surface area contributed by atoms with Gasteiger partial charge >= 0.3 is 5.97 Å². The summed E-state index contributed by atoms with van der Waals surface area (Å²) in [5, 5.41) is 9.79. The van der Waals surface area contributed by atoms with Gasteiger partial charge in [-0.25, -0.2) is 0 Å². The van der Waals surface area contributed by atoms with E-state index in [4.69, 9.17) is 21.7 Å². The van der Waals surface area contributed by atoms with Gasteiger partial charge in [0, 0.05) is 32.3 Å². The Morgan fingerprint density at radius 3 is 2.53 bits per heavy atom. The monoisotopic (exact) mass is 532 g/mol. The molecule has 9 nitrogen and oxygen atoms in total. The molecule has 194 valence electrons. The van der Waals surface area contributed by atoms with E-state index < -0.39 is 0 Å². The molecule has 0 aliphatic carbocycles. The highest BCUT2D eigenvalue weighted by Crippen LogP contribution is 2.36. The van der Waals surface area contributed by atoms with Gasteiger partial charge in [-0.3, -0.25) is 23.9 Å². The molecule has 0 unspecified atom stereocenters. The Labute approximate surface area is 221 Å². The van der Waals surface area contributed by atoms with Crippen molar-refractivity contribution in [2.45, 2.75) is 46.6 Å². The summed E-state index contributed by atoms with van der Waals surface area (Å²) in [6.07, 6.45) is 3.63. The number of pyridine rings is 1. The highest BCUT2D eigenvalue weighted by Gasteiger charge is 2.34. The summed E-state index contributed by atoms with van der Waals surface area (Å²) in [4.78, 5) is 42.7. The first-order valence-corrected chi connectivity index (χ1v) is 13.3. The smallest absolute Gasteiger partial charge is 0.309 e. The van der Waals surface area contributed by atoms with Gasteiger partial charge in [0.05, 0.1) is 30.6 Å². The van der Waals surface area contributed by atoms with Gasteiger partial charge in [0.25, 0.3) is 11.5 Å². The molecule has 0 bridgehead atoms. The molecule has 2 fully saturated rings. The van der Waals surface area contributed by atoms with Crippen LogP contribution in [0.1, 0.15) is 49.8 Å². The minimum absolute atomic E-state index is 0.0646. The Morgan fingerprint density at radius 2 is 1.94 bits per heavy atom. The zero-order valence-electron chi connectivity index (χ0n) is 21.2. The van der Waals surface area contributed by atoms with Gasteiger partial charge < -0.3 is 14.4 Å². The fourth-order valence-corrected chi connectivity index (χ4v) is 5.80. The molecule has 0 N–H and O–H groups in total. The lowest BCUT2D eigenvalue weighted by molar-refractivity contribution is -0.148. The van der Waals surface area contributed by atoms with Crippen molar-refractivity contribution in [1.29, 1.82) is 5.26 Å². The molecule has 1 aromatic rings. The number of ether oxygens (including phenoxy) is 2. The zero-order chi connectivity index (χ0) is 26.4. The summed E-state index contributed by atoms with van der Waals surface area (Å²) in [6.45, 7) is 8.08. The van der Waals surface area contributed by atoms with Crippen molar-refractivity contribution in [3.05, 3.63) is 31.9 Å². The summed E-state index contributed by atoms with van der Waals surface area (Å²) in [5.41, 5.74) is 0.903. The molecule has 0 saturated carbocycles. The predicted octanol–water partition coefficient (Wildman–Crippen LogP) is 3.07. The number of anilines is 1. The van der Waals surface area contributed by atoms with E-state index in [1.165, 1.54) is 16.7 Å². The third-order valence-electron chi connectivity index (χ3n) is 6.38. The van der Waals surface area contributed by atoms with E-state index in [-0.39, 0.29) is 28.9 Å². The van der Waals surface area contributed by atoms with Crippen LogP contribution in [0.5, 0.6) is 0 Å². The van der Waals surface area contributed by atoms with Crippen LogP contribution in [-0.4, -0.2) is 65.6 Å². The third-order valence-corrected chi connectivity index (χ3v) is 7.75. The Bertz CT molecular complexity index is 1160. The van der Waals surface area contributed by atoms with Gasteiger partial charge in [-0.05, 0) is 44.7 Å². The number of methoxy groups -OCH3 is 1. The van der Waals surface area contributed by atoms with Crippen molar-refractivity contribution in [3.8, 4) is 6.07 Å². The first-order chi connectivity index (χ1) is 17.3. The summed E-state index contributed by atoms with van der Waals surface area (Å²) in [6, 6.07) is 2.06. The summed E-state index contributed by atoms with van der Waals surface area (Å²) in [7, 11) is 1.56. The number of hydrogen-bond acceptors (Lipinski definition) is 9. The molecule has 0 radical (unpaired) electrons. The minimum atomic E-state index is -0.343. The fraction of sp³-hybridized carbons (Fsp3) is 0.560. The van der Waals surface area contributed by atoms with Crippen molar-refractivity contribution < 1.29 is 19.1 Å². The van der Waals surface area contributed by atoms with Gasteiger partial charge in [0.15, 0.2) is 0 Å². The van der Waals surface area contributed by atoms with Crippen LogP contribution in [0.3, 0.4) is 0 Å². The first-order valence-electron chi connectivity index (χ1n) is 12.1. The van der Waals surface area contributed by atoms with Crippen molar-refractivity contribution in [2.24, 2.45) is 5.92 Å². The van der Waals surface area contributed by atoms with Crippen LogP contribution < -0.4 is 10.5 Å². The van der Waals surface area contributed by atoms with Crippen molar-refractivity contribution in [1.82, 2.24) is 9.47 Å². The molecule has 2 aliphatic rings. The second kappa shape index (κ2) is 12.5. The third kappa shape index (κ3) is 5.66. The number of carbonyl (C=O) groups excluding carboxylic acids is 2. The van der Waals surface area contributed by atoms with E-state index in [1.807, 2.05) is 6.92 Å². The summed E-state index contributed by atoms with van der Waals surface area (Å²) < 4.78 is 12.4. The second-order valence-corrected chi connectivity index (χ2v) is 10.3. The second-order valence-electron chi connectivity index (χ2n) is 8.65. The number of amides is 1. The Kier molecular flexibility index (Phi) is 9.70. The van der Waals surface area contributed by atoms with Gasteiger partial charge in [-0.2, -0.15) is 5.26 Å². The number of piperidine rings is 1. The number of nitriles is 1. The van der Waals surface area contributed by atoms with Gasteiger partial charge in [-0.1, -0.05) is 30.9 Å². The zero-order valence-corrected chi connectivity index (χ0v) is 22.8. The molecule has 11 heteroatoms. The number of rotatable bonds is 9. The molecule has 1 amide bonds. The van der Waals surface area contributed by atoms with Crippen LogP contribution in [0, 0.1) is 24.2 Å². The maximum Gasteiger partial charge on any atom is 0.309 e. The lowest BCUT2D eigenvalue weighted by Gasteiger charge is -2.35. The van der Waals surface area contributed by atoms with Crippen LogP contribution in [-0.2, 0) is 25.6 Å². The van der Waals surface area contributed by atoms with Crippen LogP contribution in [0.15, 0.2) is 9.70 Å². The van der Waals surface area contributed by atoms with Crippen LogP contribution in [0.4, 0.5) is 5.82 Å². The Hall–Kier alpha value is -2.68. The minimum Gasteiger partial charge on any atom is -0.466 e. The molecule has 0 atom stereocenters. The van der Waals surface area contributed by atoms with Crippen LogP contribution in [0.2, 0.25) is 0 Å². The van der Waals surface area contributed by atoms with E-state index in [9.17, 15) is 19.6 Å². The molecule has 3 rings (SSSR count). The summed E-state index contributed by atoms with van der Waals surface area (Å²) in [5.74, 6) is 0.0644.